The van der Waals surface area contributed by atoms with Crippen molar-refractivity contribution in [3.05, 3.63) is 175 Å². The average Bonchev–Trinajstić information content (AvgIpc) is 3.21. The molecular formula is C44H28N6. The van der Waals surface area contributed by atoms with E-state index in [4.69, 9.17) is 24.9 Å². The Morgan fingerprint density at radius 2 is 0.660 bits per heavy atom. The maximum atomic E-state index is 9.53. The van der Waals surface area contributed by atoms with Gasteiger partial charge in [0.1, 0.15) is 0 Å². The summed E-state index contributed by atoms with van der Waals surface area (Å²) in [5.74, 6) is 2.26. The fraction of sp³-hybridized carbons (Fsp3) is 0. The predicted octanol–water partition coefficient (Wildman–Crippen LogP) is 10.2. The van der Waals surface area contributed by atoms with Crippen LogP contribution in [0.15, 0.2) is 170 Å². The van der Waals surface area contributed by atoms with Gasteiger partial charge in [0.15, 0.2) is 23.3 Å². The third-order valence-corrected chi connectivity index (χ3v) is 8.36. The molecule has 8 rings (SSSR count). The molecule has 0 radical (unpaired) electrons. The third-order valence-electron chi connectivity index (χ3n) is 8.36. The topological polar surface area (TPSA) is 88.2 Å². The second-order valence-electron chi connectivity index (χ2n) is 11.7. The summed E-state index contributed by atoms with van der Waals surface area (Å²) >= 11 is 0. The van der Waals surface area contributed by atoms with E-state index in [1.165, 1.54) is 0 Å². The van der Waals surface area contributed by atoms with Crippen molar-refractivity contribution in [1.29, 1.82) is 5.26 Å². The predicted molar refractivity (Wildman–Crippen MR) is 198 cm³/mol. The van der Waals surface area contributed by atoms with E-state index in [1.54, 1.807) is 12.1 Å². The standard InChI is InChI=1S/C44H28N6/c45-29-30-13-10-22-36(25-30)43-48-41(33-18-8-3-9-19-33)49-44(50-43)38-24-12-21-35(27-38)34-20-11-23-37(26-34)42-46-39(31-14-4-1-5-15-31)28-40(47-42)32-16-6-2-7-17-32/h1-28H. The molecule has 0 fully saturated rings. The van der Waals surface area contributed by atoms with Gasteiger partial charge in [-0.25, -0.2) is 24.9 Å². The molecule has 0 atom stereocenters. The molecule has 6 nitrogen and oxygen atoms in total. The molecule has 0 N–H and O–H groups in total. The van der Waals surface area contributed by atoms with Crippen molar-refractivity contribution in [1.82, 2.24) is 24.9 Å². The molecule has 6 aromatic carbocycles. The molecule has 234 valence electrons. The minimum atomic E-state index is 0.503. The van der Waals surface area contributed by atoms with E-state index < -0.39 is 0 Å². The van der Waals surface area contributed by atoms with Gasteiger partial charge in [-0.1, -0.05) is 140 Å². The lowest BCUT2D eigenvalue weighted by atomic mass is 10.00. The first-order chi connectivity index (χ1) is 24.7. The molecule has 0 saturated heterocycles. The van der Waals surface area contributed by atoms with E-state index in [-0.39, 0.29) is 0 Å². The number of hydrogen-bond acceptors (Lipinski definition) is 6. The van der Waals surface area contributed by atoms with Gasteiger partial charge in [0.2, 0.25) is 0 Å². The first-order valence-electron chi connectivity index (χ1n) is 16.2. The summed E-state index contributed by atoms with van der Waals surface area (Å²) < 4.78 is 0. The van der Waals surface area contributed by atoms with Crippen molar-refractivity contribution in [3.8, 4) is 85.3 Å². The summed E-state index contributed by atoms with van der Waals surface area (Å²) in [5, 5.41) is 9.53. The van der Waals surface area contributed by atoms with Crippen LogP contribution in [0.25, 0.3) is 79.2 Å². The van der Waals surface area contributed by atoms with E-state index in [2.05, 4.69) is 54.6 Å². The number of aromatic nitrogens is 5. The van der Waals surface area contributed by atoms with Gasteiger partial charge in [0.05, 0.1) is 23.0 Å². The molecule has 6 heteroatoms. The van der Waals surface area contributed by atoms with Crippen LogP contribution < -0.4 is 0 Å². The lowest BCUT2D eigenvalue weighted by molar-refractivity contribution is 1.07. The monoisotopic (exact) mass is 640 g/mol. The van der Waals surface area contributed by atoms with E-state index in [0.717, 1.165) is 55.9 Å². The molecule has 0 aliphatic heterocycles. The van der Waals surface area contributed by atoms with Gasteiger partial charge in [0.25, 0.3) is 0 Å². The lowest BCUT2D eigenvalue weighted by Gasteiger charge is -2.11. The summed E-state index contributed by atoms with van der Waals surface area (Å²) in [6.07, 6.45) is 0. The summed E-state index contributed by atoms with van der Waals surface area (Å²) in [5.41, 5.74) is 9.73. The first kappa shape index (κ1) is 30.2. The number of nitrogens with zero attached hydrogens (tertiary/aromatic N) is 6. The van der Waals surface area contributed by atoms with Gasteiger partial charge < -0.3 is 0 Å². The molecule has 0 aliphatic rings. The molecule has 2 aromatic heterocycles. The van der Waals surface area contributed by atoms with Gasteiger partial charge in [0, 0.05) is 33.4 Å². The number of hydrogen-bond donors (Lipinski definition) is 0. The SMILES string of the molecule is N#Cc1cccc(-c2nc(-c3ccccc3)nc(-c3cccc(-c4cccc(-c5nc(-c6ccccc6)cc(-c6ccccc6)n5)c4)c3)n2)c1. The first-order valence-corrected chi connectivity index (χ1v) is 16.2. The Morgan fingerprint density at radius 1 is 0.300 bits per heavy atom. The van der Waals surface area contributed by atoms with Crippen LogP contribution in [0.4, 0.5) is 0 Å². The highest BCUT2D eigenvalue weighted by Crippen LogP contribution is 2.32. The normalized spacial score (nSPS) is 10.8. The fourth-order valence-electron chi connectivity index (χ4n) is 5.84. The number of rotatable bonds is 7. The zero-order valence-corrected chi connectivity index (χ0v) is 26.8. The maximum Gasteiger partial charge on any atom is 0.164 e. The molecule has 0 spiro atoms. The van der Waals surface area contributed by atoms with Crippen LogP contribution in [0.3, 0.4) is 0 Å². The van der Waals surface area contributed by atoms with Crippen molar-refractivity contribution >= 4 is 0 Å². The van der Waals surface area contributed by atoms with Gasteiger partial charge in [-0.15, -0.1) is 0 Å². The second kappa shape index (κ2) is 13.6. The van der Waals surface area contributed by atoms with Crippen molar-refractivity contribution in [3.63, 3.8) is 0 Å². The molecule has 0 amide bonds. The van der Waals surface area contributed by atoms with Crippen LogP contribution in [-0.4, -0.2) is 24.9 Å². The molecule has 50 heavy (non-hydrogen) atoms. The Hall–Kier alpha value is -7.10. The largest absolute Gasteiger partial charge is 0.228 e. The van der Waals surface area contributed by atoms with Crippen molar-refractivity contribution in [2.24, 2.45) is 0 Å². The second-order valence-corrected chi connectivity index (χ2v) is 11.7. The Labute approximate surface area is 290 Å². The van der Waals surface area contributed by atoms with Crippen molar-refractivity contribution in [2.75, 3.05) is 0 Å². The lowest BCUT2D eigenvalue weighted by Crippen LogP contribution is -2.00. The van der Waals surface area contributed by atoms with Crippen LogP contribution >= 0.6 is 0 Å². The fourth-order valence-corrected chi connectivity index (χ4v) is 5.84. The van der Waals surface area contributed by atoms with Crippen molar-refractivity contribution in [2.45, 2.75) is 0 Å². The molecular weight excluding hydrogens is 613 g/mol. The minimum absolute atomic E-state index is 0.503. The molecule has 2 heterocycles. The minimum Gasteiger partial charge on any atom is -0.228 e. The van der Waals surface area contributed by atoms with Crippen LogP contribution in [0.5, 0.6) is 0 Å². The Bertz CT molecular complexity index is 2430. The smallest absolute Gasteiger partial charge is 0.164 e. The molecule has 8 aromatic rings. The Balaban J connectivity index is 1.21. The highest BCUT2D eigenvalue weighted by molar-refractivity contribution is 5.77. The van der Waals surface area contributed by atoms with Gasteiger partial charge in [-0.2, -0.15) is 5.26 Å². The van der Waals surface area contributed by atoms with E-state index in [0.29, 0.717) is 28.9 Å². The highest BCUT2D eigenvalue weighted by Gasteiger charge is 2.15. The maximum absolute atomic E-state index is 9.53. The van der Waals surface area contributed by atoms with Crippen LogP contribution in [0.2, 0.25) is 0 Å². The van der Waals surface area contributed by atoms with E-state index >= 15 is 0 Å². The van der Waals surface area contributed by atoms with Crippen LogP contribution in [0.1, 0.15) is 5.56 Å². The van der Waals surface area contributed by atoms with Crippen molar-refractivity contribution < 1.29 is 0 Å². The Morgan fingerprint density at radius 3 is 1.14 bits per heavy atom. The Kier molecular flexibility index (Phi) is 8.20. The van der Waals surface area contributed by atoms with Gasteiger partial charge in [-0.3, -0.25) is 0 Å². The summed E-state index contributed by atoms with van der Waals surface area (Å²) in [6.45, 7) is 0. The average molecular weight is 641 g/mol. The molecule has 0 bridgehead atoms. The van der Waals surface area contributed by atoms with E-state index in [9.17, 15) is 5.26 Å². The number of benzene rings is 6. The van der Waals surface area contributed by atoms with Gasteiger partial charge >= 0.3 is 0 Å². The summed E-state index contributed by atoms with van der Waals surface area (Å²) in [7, 11) is 0. The quantitative estimate of drug-likeness (QED) is 0.172. The third kappa shape index (κ3) is 6.40. The highest BCUT2D eigenvalue weighted by atomic mass is 15.0. The van der Waals surface area contributed by atoms with Crippen LogP contribution in [0, 0.1) is 11.3 Å². The number of nitriles is 1. The molecule has 0 saturated carbocycles. The zero-order valence-electron chi connectivity index (χ0n) is 26.8. The van der Waals surface area contributed by atoms with Crippen LogP contribution in [-0.2, 0) is 0 Å². The van der Waals surface area contributed by atoms with E-state index in [1.807, 2.05) is 109 Å². The summed E-state index contributed by atoms with van der Waals surface area (Å²) in [6, 6.07) is 58.3. The zero-order chi connectivity index (χ0) is 33.7. The molecule has 0 unspecified atom stereocenters. The van der Waals surface area contributed by atoms with Gasteiger partial charge in [-0.05, 0) is 41.5 Å². The summed E-state index contributed by atoms with van der Waals surface area (Å²) in [4.78, 5) is 24.7. The molecule has 0 aliphatic carbocycles.